The van der Waals surface area contributed by atoms with Crippen LogP contribution in [0.5, 0.6) is 0 Å². The summed E-state index contributed by atoms with van der Waals surface area (Å²) in [6.07, 6.45) is 2.17. The highest BCUT2D eigenvalue weighted by atomic mass is 16.8. The topological polar surface area (TPSA) is 299 Å². The van der Waals surface area contributed by atoms with Gasteiger partial charge in [-0.2, -0.15) is 0 Å². The van der Waals surface area contributed by atoms with Crippen LogP contribution in [0.1, 0.15) is 126 Å². The molecule has 0 aromatic heterocycles. The molecule has 1 aliphatic carbocycles. The summed E-state index contributed by atoms with van der Waals surface area (Å²) in [7, 11) is 5.70. The first kappa shape index (κ1) is 69.5. The largest absolute Gasteiger partial charge is 0.510 e. The van der Waals surface area contributed by atoms with E-state index < -0.39 is 139 Å². The van der Waals surface area contributed by atoms with Crippen LogP contribution in [0.25, 0.3) is 0 Å². The molecule has 4 aliphatic heterocycles. The number of amides is 1. The molecule has 0 radical (unpaired) electrons. The van der Waals surface area contributed by atoms with Crippen molar-refractivity contribution in [3.63, 3.8) is 0 Å². The first-order valence-corrected chi connectivity index (χ1v) is 29.5. The number of nitrogens with zero attached hydrogens (tertiary/aromatic N) is 1. The van der Waals surface area contributed by atoms with E-state index in [4.69, 9.17) is 47.4 Å². The summed E-state index contributed by atoms with van der Waals surface area (Å²) in [6.45, 7) is 11.6. The van der Waals surface area contributed by atoms with Crippen molar-refractivity contribution in [3.8, 4) is 0 Å². The minimum absolute atomic E-state index is 0.00622. The standard InChI is InChI=1S/C61H95NO21/c1-34-17-13-12-14-18-35(2)46(74-8)31-42-22-20-40(7)61(73,83-42)56(69)57(70)62-24-16-15-19-43(62)58(71)80-47(32-44(64)36(3)28-39(6)51(66)54(76-10)50(65)38(5)27-34)37(4)29-41-21-23-45(48(30-41)75-9)78-25-26-79-60(72)82-59-55(77-11)53(68)52(67)49(33-63)81-59/h12-14,17-18,28,34,36-38,40-43,45-49,51-55,59,63,66-68,73H,15-16,19-27,29-33H2,1-11H3/b14-12+,17-13-,35-18+,39-28+/t34-,36-,37-,38+,40-,41-,42+,43?,45-,46+,47+,48-,49-,51-,52-,53+,54+,55-,59+,61-/m1/s1. The fourth-order valence-corrected chi connectivity index (χ4v) is 12.1. The van der Waals surface area contributed by atoms with Gasteiger partial charge in [-0.3, -0.25) is 19.2 Å². The van der Waals surface area contributed by atoms with Crippen LogP contribution in [0.2, 0.25) is 0 Å². The minimum atomic E-state index is -2.48. The van der Waals surface area contributed by atoms with E-state index in [9.17, 15) is 54.3 Å². The number of esters is 1. The Balaban J connectivity index is 1.35. The number of hydrogen-bond donors (Lipinski definition) is 5. The summed E-state index contributed by atoms with van der Waals surface area (Å²) in [5.74, 6) is -8.67. The number of aliphatic hydroxyl groups is 5. The van der Waals surface area contributed by atoms with Crippen molar-refractivity contribution < 1.29 is 102 Å². The number of methoxy groups -OCH3 is 4. The van der Waals surface area contributed by atoms with Crippen LogP contribution in [0, 0.1) is 35.5 Å². The molecule has 20 atom stereocenters. The summed E-state index contributed by atoms with van der Waals surface area (Å²) < 4.78 is 56.9. The molecule has 1 amide bonds. The number of piperidine rings is 1. The summed E-state index contributed by atoms with van der Waals surface area (Å²) in [5, 5.41) is 53.7. The lowest BCUT2D eigenvalue weighted by Crippen LogP contribution is -2.61. The lowest BCUT2D eigenvalue weighted by Gasteiger charge is -2.42. The zero-order chi connectivity index (χ0) is 61.3. The van der Waals surface area contributed by atoms with Crippen molar-refractivity contribution in [1.29, 1.82) is 0 Å². The van der Waals surface area contributed by atoms with Crippen LogP contribution in [0.3, 0.4) is 0 Å². The number of carbonyl (C=O) groups is 6. The van der Waals surface area contributed by atoms with Gasteiger partial charge < -0.3 is 77.8 Å². The van der Waals surface area contributed by atoms with Crippen LogP contribution < -0.4 is 0 Å². The third kappa shape index (κ3) is 18.6. The van der Waals surface area contributed by atoms with Crippen molar-refractivity contribution in [3.05, 3.63) is 47.6 Å². The smallest absolute Gasteiger partial charge is 0.460 e. The van der Waals surface area contributed by atoms with Gasteiger partial charge in [-0.1, -0.05) is 71.1 Å². The van der Waals surface area contributed by atoms with E-state index in [1.54, 1.807) is 48.0 Å². The molecule has 5 aliphatic rings. The van der Waals surface area contributed by atoms with Gasteiger partial charge in [0.05, 0.1) is 37.6 Å². The number of cyclic esters (lactones) is 1. The van der Waals surface area contributed by atoms with Crippen molar-refractivity contribution in [1.82, 2.24) is 4.90 Å². The molecular formula is C61H95NO21. The summed E-state index contributed by atoms with van der Waals surface area (Å²) in [5.41, 5.74) is 1.20. The molecule has 5 N–H and O–H groups in total. The molecule has 1 saturated carbocycles. The number of ketones is 3. The maximum Gasteiger partial charge on any atom is 0.510 e. The fraction of sp³-hybridized carbons (Fsp3) is 0.770. The van der Waals surface area contributed by atoms with Crippen LogP contribution in [0.4, 0.5) is 4.79 Å². The Morgan fingerprint density at radius 1 is 0.819 bits per heavy atom. The molecule has 1 unspecified atom stereocenters. The maximum atomic E-state index is 14.6. The van der Waals surface area contributed by atoms with Gasteiger partial charge in [0.2, 0.25) is 12.1 Å². The number of rotatable bonds is 13. The van der Waals surface area contributed by atoms with E-state index in [2.05, 4.69) is 0 Å². The number of fused-ring (bicyclic) bond motifs is 3. The van der Waals surface area contributed by atoms with E-state index in [0.717, 1.165) is 10.5 Å². The first-order valence-electron chi connectivity index (χ1n) is 29.5. The van der Waals surface area contributed by atoms with Gasteiger partial charge in [-0.15, -0.1) is 0 Å². The highest BCUT2D eigenvalue weighted by Gasteiger charge is 2.53. The number of aliphatic hydroxyl groups excluding tert-OH is 4. The van der Waals surface area contributed by atoms with Gasteiger partial charge in [-0.05, 0) is 107 Å². The van der Waals surface area contributed by atoms with Gasteiger partial charge in [0.25, 0.3) is 11.7 Å². The Morgan fingerprint density at radius 2 is 1.55 bits per heavy atom. The van der Waals surface area contributed by atoms with Gasteiger partial charge in [0, 0.05) is 65.6 Å². The predicted octanol–water partition coefficient (Wildman–Crippen LogP) is 4.81. The van der Waals surface area contributed by atoms with Crippen LogP contribution in [0.15, 0.2) is 47.6 Å². The molecule has 22 nitrogen and oxygen atoms in total. The molecule has 2 bridgehead atoms. The number of allylic oxidation sites excluding steroid dienone is 6. The second-order valence-electron chi connectivity index (χ2n) is 23.6. The van der Waals surface area contributed by atoms with Crippen molar-refractivity contribution in [2.75, 3.05) is 54.8 Å². The Kier molecular flexibility index (Phi) is 27.6. The molecule has 0 aromatic rings. The highest BCUT2D eigenvalue weighted by molar-refractivity contribution is 6.39. The van der Waals surface area contributed by atoms with Gasteiger partial charge in [-0.25, -0.2) is 9.59 Å². The van der Waals surface area contributed by atoms with E-state index in [1.165, 1.54) is 14.2 Å². The average Bonchev–Trinajstić information content (AvgIpc) is 3.53. The van der Waals surface area contributed by atoms with E-state index in [1.807, 2.05) is 51.2 Å². The van der Waals surface area contributed by atoms with E-state index in [-0.39, 0.29) is 62.4 Å². The number of hydrogen-bond acceptors (Lipinski definition) is 21. The monoisotopic (exact) mass is 1180 g/mol. The quantitative estimate of drug-likeness (QED) is 0.0715. The predicted molar refractivity (Wildman–Crippen MR) is 300 cm³/mol. The van der Waals surface area contributed by atoms with Crippen molar-refractivity contribution in [2.24, 2.45) is 35.5 Å². The second-order valence-corrected chi connectivity index (χ2v) is 23.6. The Labute approximate surface area is 489 Å². The molecule has 0 aromatic carbocycles. The zero-order valence-corrected chi connectivity index (χ0v) is 50.5. The lowest BCUT2D eigenvalue weighted by molar-refractivity contribution is -0.293. The van der Waals surface area contributed by atoms with Gasteiger partial charge in [0.15, 0.2) is 5.78 Å². The molecule has 83 heavy (non-hydrogen) atoms. The van der Waals surface area contributed by atoms with Gasteiger partial charge >= 0.3 is 12.1 Å². The SMILES string of the molecule is CO[C@H]1[C@H](OC(=O)OCCO[C@@H]2CC[C@H](C[C@@H](C)[C@@H]3CC(=O)[C@H](C)/C=C(\C)[C@@H](O)[C@@H](OC)C(=O)[C@@H](C)C[C@H](C)\C=C/C=C/C=C(\C)[C@@H](OC)C[C@@H]4CC[C@@H](C)[C@@](O)(O4)C(=O)C(=O)N4CCCCC4C(=O)O3)C[C@H]2OC)O[C@H](CO)[C@@H](O)[C@@H]1O. The molecule has 22 heteroatoms. The highest BCUT2D eigenvalue weighted by Crippen LogP contribution is 2.38. The van der Waals surface area contributed by atoms with Crippen molar-refractivity contribution in [2.45, 2.75) is 211 Å². The zero-order valence-electron chi connectivity index (χ0n) is 50.5. The third-order valence-corrected chi connectivity index (χ3v) is 17.4. The maximum absolute atomic E-state index is 14.6. The number of Topliss-reactive ketones (excluding diaryl/α,β-unsaturated/α-hetero) is 3. The molecule has 5 rings (SSSR count). The summed E-state index contributed by atoms with van der Waals surface area (Å²) >= 11 is 0. The molecule has 3 saturated heterocycles. The van der Waals surface area contributed by atoms with Crippen molar-refractivity contribution >= 4 is 35.4 Å². The molecule has 4 heterocycles. The fourth-order valence-electron chi connectivity index (χ4n) is 12.1. The number of carbonyl (C=O) groups excluding carboxylic acids is 6. The van der Waals surface area contributed by atoms with Crippen LogP contribution in [-0.2, 0) is 71.3 Å². The Morgan fingerprint density at radius 3 is 2.23 bits per heavy atom. The Hall–Kier alpha value is -4.30. The average molecular weight is 1180 g/mol. The number of ether oxygens (including phenoxy) is 10. The van der Waals surface area contributed by atoms with Crippen LogP contribution >= 0.6 is 0 Å². The molecule has 4 fully saturated rings. The minimum Gasteiger partial charge on any atom is -0.460 e. The Bertz CT molecular complexity index is 2270. The third-order valence-electron chi connectivity index (χ3n) is 17.4. The second kappa shape index (κ2) is 33.0. The summed E-state index contributed by atoms with van der Waals surface area (Å²) in [4.78, 5) is 85.4. The normalized spacial score (nSPS) is 39.7. The summed E-state index contributed by atoms with van der Waals surface area (Å²) in [6, 6.07) is -1.21. The molecule has 470 valence electrons. The van der Waals surface area contributed by atoms with E-state index in [0.29, 0.717) is 63.4 Å². The first-order chi connectivity index (χ1) is 39.4. The van der Waals surface area contributed by atoms with Crippen LogP contribution in [-0.4, -0.2) is 206 Å². The van der Waals surface area contributed by atoms with Gasteiger partial charge in [0.1, 0.15) is 61.2 Å². The van der Waals surface area contributed by atoms with E-state index >= 15 is 0 Å². The lowest BCUT2D eigenvalue weighted by atomic mass is 9.78. The molecular weight excluding hydrogens is 1080 g/mol. The molecule has 0 spiro atoms.